The van der Waals surface area contributed by atoms with E-state index < -0.39 is 0 Å². The topological polar surface area (TPSA) is 24.1 Å². The van der Waals surface area contributed by atoms with Gasteiger partial charge in [-0.3, -0.25) is 0 Å². The zero-order valence-corrected chi connectivity index (χ0v) is 11.2. The fourth-order valence-corrected chi connectivity index (χ4v) is 3.29. The van der Waals surface area contributed by atoms with Gasteiger partial charge in [-0.15, -0.1) is 0 Å². The molecule has 0 atom stereocenters. The molecule has 0 amide bonds. The molecule has 1 fully saturated rings. The molecule has 92 valence electrons. The number of halogens is 2. The molecular formula is C13H16BrFN2. The minimum Gasteiger partial charge on any atom is -0.383 e. The summed E-state index contributed by atoms with van der Waals surface area (Å²) >= 11 is 3.23. The summed E-state index contributed by atoms with van der Waals surface area (Å²) in [6.45, 7) is 1.94. The van der Waals surface area contributed by atoms with Crippen LogP contribution in [0.3, 0.4) is 0 Å². The SMILES string of the molecule is Fc1cc2c(cc1Br)NCC1(CCCC1)CN2. The lowest BCUT2D eigenvalue weighted by Crippen LogP contribution is -2.31. The van der Waals surface area contributed by atoms with E-state index in [9.17, 15) is 4.39 Å². The Bertz CT molecular complexity index is 406. The first-order valence-corrected chi connectivity index (χ1v) is 6.95. The standard InChI is InChI=1S/C13H16BrFN2/c14-9-5-11-12(6-10(9)15)17-8-13(7-16-11)3-1-2-4-13/h5-6,16-17H,1-4,7-8H2. The first kappa shape index (κ1) is 11.3. The Morgan fingerprint density at radius 2 is 1.65 bits per heavy atom. The van der Waals surface area contributed by atoms with Crippen molar-refractivity contribution >= 4 is 27.3 Å². The van der Waals surface area contributed by atoms with Crippen molar-refractivity contribution in [1.82, 2.24) is 0 Å². The van der Waals surface area contributed by atoms with Gasteiger partial charge < -0.3 is 10.6 Å². The van der Waals surface area contributed by atoms with Gasteiger partial charge in [0, 0.05) is 24.6 Å². The van der Waals surface area contributed by atoms with Crippen LogP contribution in [0.4, 0.5) is 15.8 Å². The Kier molecular flexibility index (Phi) is 2.77. The fraction of sp³-hybridized carbons (Fsp3) is 0.538. The molecule has 1 aliphatic carbocycles. The molecule has 0 saturated heterocycles. The van der Waals surface area contributed by atoms with E-state index in [2.05, 4.69) is 26.6 Å². The number of hydrogen-bond acceptors (Lipinski definition) is 2. The van der Waals surface area contributed by atoms with E-state index in [1.807, 2.05) is 6.07 Å². The minimum atomic E-state index is -0.208. The molecule has 2 aliphatic rings. The summed E-state index contributed by atoms with van der Waals surface area (Å²) in [5.74, 6) is -0.208. The number of rotatable bonds is 0. The fourth-order valence-electron chi connectivity index (χ4n) is 2.95. The van der Waals surface area contributed by atoms with Gasteiger partial charge in [-0.05, 0) is 34.8 Å². The molecule has 0 radical (unpaired) electrons. The van der Waals surface area contributed by atoms with Crippen LogP contribution in [-0.2, 0) is 0 Å². The first-order chi connectivity index (χ1) is 8.19. The number of anilines is 2. The molecule has 0 bridgehead atoms. The average molecular weight is 299 g/mol. The third kappa shape index (κ3) is 2.03. The van der Waals surface area contributed by atoms with Crippen molar-refractivity contribution < 1.29 is 4.39 Å². The van der Waals surface area contributed by atoms with Crippen LogP contribution in [0.5, 0.6) is 0 Å². The number of benzene rings is 1. The predicted molar refractivity (Wildman–Crippen MR) is 72.0 cm³/mol. The highest BCUT2D eigenvalue weighted by molar-refractivity contribution is 9.10. The monoisotopic (exact) mass is 298 g/mol. The molecule has 0 unspecified atom stereocenters. The lowest BCUT2D eigenvalue weighted by molar-refractivity contribution is 0.346. The third-order valence-corrected chi connectivity index (χ3v) is 4.64. The molecule has 1 aromatic carbocycles. The Morgan fingerprint density at radius 1 is 1.06 bits per heavy atom. The molecule has 3 rings (SSSR count). The van der Waals surface area contributed by atoms with Gasteiger partial charge in [0.1, 0.15) is 5.82 Å². The maximum Gasteiger partial charge on any atom is 0.139 e. The van der Waals surface area contributed by atoms with Crippen LogP contribution in [-0.4, -0.2) is 13.1 Å². The highest BCUT2D eigenvalue weighted by Gasteiger charge is 2.35. The number of hydrogen-bond donors (Lipinski definition) is 2. The van der Waals surface area contributed by atoms with Crippen LogP contribution in [0.15, 0.2) is 16.6 Å². The smallest absolute Gasteiger partial charge is 0.139 e. The maximum absolute atomic E-state index is 13.5. The van der Waals surface area contributed by atoms with Crippen molar-refractivity contribution in [3.8, 4) is 0 Å². The van der Waals surface area contributed by atoms with E-state index in [1.54, 1.807) is 6.07 Å². The zero-order chi connectivity index (χ0) is 11.9. The minimum absolute atomic E-state index is 0.208. The van der Waals surface area contributed by atoms with Crippen LogP contribution < -0.4 is 10.6 Å². The van der Waals surface area contributed by atoms with Crippen LogP contribution in [0.1, 0.15) is 25.7 Å². The molecule has 1 spiro atoms. The quantitative estimate of drug-likeness (QED) is 0.757. The molecular weight excluding hydrogens is 283 g/mol. The van der Waals surface area contributed by atoms with Crippen LogP contribution in [0, 0.1) is 11.2 Å². The lowest BCUT2D eigenvalue weighted by Gasteiger charge is -2.26. The average Bonchev–Trinajstić information content (AvgIpc) is 2.70. The van der Waals surface area contributed by atoms with Gasteiger partial charge in [0.15, 0.2) is 0 Å². The largest absolute Gasteiger partial charge is 0.383 e. The van der Waals surface area contributed by atoms with Crippen molar-refractivity contribution in [2.24, 2.45) is 5.41 Å². The van der Waals surface area contributed by atoms with E-state index >= 15 is 0 Å². The summed E-state index contributed by atoms with van der Waals surface area (Å²) in [6, 6.07) is 3.39. The number of fused-ring (bicyclic) bond motifs is 1. The Morgan fingerprint density at radius 3 is 2.29 bits per heavy atom. The summed E-state index contributed by atoms with van der Waals surface area (Å²) in [5, 5.41) is 6.87. The molecule has 1 aliphatic heterocycles. The highest BCUT2D eigenvalue weighted by atomic mass is 79.9. The second-order valence-corrected chi connectivity index (χ2v) is 6.08. The summed E-state index contributed by atoms with van der Waals surface area (Å²) in [6.07, 6.45) is 5.17. The summed E-state index contributed by atoms with van der Waals surface area (Å²) in [4.78, 5) is 0. The van der Waals surface area contributed by atoms with Crippen molar-refractivity contribution in [2.45, 2.75) is 25.7 Å². The highest BCUT2D eigenvalue weighted by Crippen LogP contribution is 2.41. The van der Waals surface area contributed by atoms with Gasteiger partial charge in [0.05, 0.1) is 15.8 Å². The normalized spacial score (nSPS) is 21.5. The molecule has 1 aromatic rings. The third-order valence-electron chi connectivity index (χ3n) is 4.03. The molecule has 17 heavy (non-hydrogen) atoms. The van der Waals surface area contributed by atoms with E-state index in [1.165, 1.54) is 25.7 Å². The lowest BCUT2D eigenvalue weighted by atomic mass is 9.86. The van der Waals surface area contributed by atoms with Crippen molar-refractivity contribution in [1.29, 1.82) is 0 Å². The van der Waals surface area contributed by atoms with Crippen LogP contribution in [0.2, 0.25) is 0 Å². The first-order valence-electron chi connectivity index (χ1n) is 6.15. The molecule has 2 N–H and O–H groups in total. The van der Waals surface area contributed by atoms with E-state index in [-0.39, 0.29) is 5.82 Å². The molecule has 1 heterocycles. The van der Waals surface area contributed by atoms with E-state index in [4.69, 9.17) is 0 Å². The van der Waals surface area contributed by atoms with Gasteiger partial charge in [-0.25, -0.2) is 4.39 Å². The van der Waals surface area contributed by atoms with Crippen LogP contribution in [0.25, 0.3) is 0 Å². The predicted octanol–water partition coefficient (Wildman–Crippen LogP) is 3.99. The van der Waals surface area contributed by atoms with Gasteiger partial charge in [0.2, 0.25) is 0 Å². The van der Waals surface area contributed by atoms with Crippen molar-refractivity contribution in [3.05, 3.63) is 22.4 Å². The summed E-state index contributed by atoms with van der Waals surface area (Å²) in [7, 11) is 0. The zero-order valence-electron chi connectivity index (χ0n) is 9.65. The second-order valence-electron chi connectivity index (χ2n) is 5.23. The Hall–Kier alpha value is -0.770. The van der Waals surface area contributed by atoms with Gasteiger partial charge in [-0.1, -0.05) is 12.8 Å². The summed E-state index contributed by atoms with van der Waals surface area (Å²) < 4.78 is 14.0. The van der Waals surface area contributed by atoms with E-state index in [0.29, 0.717) is 9.89 Å². The van der Waals surface area contributed by atoms with Crippen molar-refractivity contribution in [3.63, 3.8) is 0 Å². The van der Waals surface area contributed by atoms with Gasteiger partial charge in [0.25, 0.3) is 0 Å². The van der Waals surface area contributed by atoms with Crippen LogP contribution >= 0.6 is 15.9 Å². The molecule has 1 saturated carbocycles. The van der Waals surface area contributed by atoms with Crippen molar-refractivity contribution in [2.75, 3.05) is 23.7 Å². The van der Waals surface area contributed by atoms with Gasteiger partial charge in [-0.2, -0.15) is 0 Å². The van der Waals surface area contributed by atoms with Gasteiger partial charge >= 0.3 is 0 Å². The maximum atomic E-state index is 13.5. The molecule has 0 aromatic heterocycles. The van der Waals surface area contributed by atoms with E-state index in [0.717, 1.165) is 24.5 Å². The Balaban J connectivity index is 1.89. The molecule has 2 nitrogen and oxygen atoms in total. The number of nitrogens with one attached hydrogen (secondary N) is 2. The molecule has 4 heteroatoms. The Labute approximate surface area is 109 Å². The second kappa shape index (κ2) is 4.16. The summed E-state index contributed by atoms with van der Waals surface area (Å²) in [5.41, 5.74) is 2.25.